The van der Waals surface area contributed by atoms with Crippen LogP contribution in [0.1, 0.15) is 41.0 Å². The summed E-state index contributed by atoms with van der Waals surface area (Å²) >= 11 is 0. The first-order chi connectivity index (χ1) is 15.9. The summed E-state index contributed by atoms with van der Waals surface area (Å²) < 4.78 is 11.9. The van der Waals surface area contributed by atoms with Gasteiger partial charge in [-0.15, -0.1) is 12.3 Å². The minimum Gasteiger partial charge on any atom is -0.507 e. The van der Waals surface area contributed by atoms with Gasteiger partial charge < -0.3 is 19.2 Å². The number of allylic oxidation sites excluding steroid dienone is 2. The smallest absolute Gasteiger partial charge is 0.204 e. The molecule has 1 N–H and O–H groups in total. The topological polar surface area (TPSA) is 62.9 Å². The molecule has 174 valence electrons. The number of aromatic hydroxyl groups is 1. The van der Waals surface area contributed by atoms with Gasteiger partial charge in [0.2, 0.25) is 5.43 Å². The Morgan fingerprint density at radius 1 is 1.21 bits per heavy atom. The second-order valence-corrected chi connectivity index (χ2v) is 7.45. The van der Waals surface area contributed by atoms with Gasteiger partial charge in [-0.3, -0.25) is 4.79 Å². The van der Waals surface area contributed by atoms with Crippen LogP contribution in [0.4, 0.5) is 5.69 Å². The molecule has 3 rings (SSSR count). The second kappa shape index (κ2) is 12.4. The van der Waals surface area contributed by atoms with Crippen molar-refractivity contribution in [1.29, 1.82) is 0 Å². The maximum Gasteiger partial charge on any atom is 0.204 e. The predicted molar refractivity (Wildman–Crippen MR) is 138 cm³/mol. The maximum atomic E-state index is 13.0. The van der Waals surface area contributed by atoms with Gasteiger partial charge in [-0.2, -0.15) is 0 Å². The van der Waals surface area contributed by atoms with Crippen LogP contribution in [-0.4, -0.2) is 24.8 Å². The highest BCUT2D eigenvalue weighted by molar-refractivity contribution is 5.95. The Hall–Kier alpha value is -3.65. The van der Waals surface area contributed by atoms with Crippen LogP contribution in [0.15, 0.2) is 63.3 Å². The van der Waals surface area contributed by atoms with Crippen molar-refractivity contribution in [2.75, 3.05) is 24.6 Å². The van der Waals surface area contributed by atoms with Crippen LogP contribution < -0.4 is 15.1 Å². The minimum atomic E-state index is -0.247. The van der Waals surface area contributed by atoms with E-state index in [1.807, 2.05) is 38.1 Å². The Balaban J connectivity index is 0.00000122. The number of nitrogens with zero attached hydrogens (tertiary/aromatic N) is 1. The summed E-state index contributed by atoms with van der Waals surface area (Å²) in [4.78, 5) is 15.1. The molecule has 0 saturated carbocycles. The molecule has 5 heteroatoms. The van der Waals surface area contributed by atoms with E-state index in [1.54, 1.807) is 31.2 Å². The van der Waals surface area contributed by atoms with Gasteiger partial charge in [0.05, 0.1) is 5.39 Å². The number of benzene rings is 2. The zero-order valence-electron chi connectivity index (χ0n) is 20.1. The fourth-order valence-corrected chi connectivity index (χ4v) is 3.54. The van der Waals surface area contributed by atoms with E-state index in [-0.39, 0.29) is 16.6 Å². The van der Waals surface area contributed by atoms with Gasteiger partial charge in [-0.05, 0) is 51.8 Å². The van der Waals surface area contributed by atoms with Gasteiger partial charge in [0.1, 0.15) is 34.7 Å². The zero-order chi connectivity index (χ0) is 24.4. The van der Waals surface area contributed by atoms with E-state index in [0.717, 1.165) is 30.8 Å². The maximum absolute atomic E-state index is 13.0. The number of rotatable bonds is 8. The number of phenols is 1. The first-order valence-corrected chi connectivity index (χ1v) is 11.2. The van der Waals surface area contributed by atoms with Gasteiger partial charge in [-0.25, -0.2) is 0 Å². The number of anilines is 1. The fourth-order valence-electron chi connectivity index (χ4n) is 3.54. The van der Waals surface area contributed by atoms with Crippen LogP contribution >= 0.6 is 0 Å². The average molecular weight is 448 g/mol. The summed E-state index contributed by atoms with van der Waals surface area (Å²) in [6.07, 6.45) is 11.5. The Morgan fingerprint density at radius 3 is 2.55 bits per heavy atom. The van der Waals surface area contributed by atoms with Gasteiger partial charge in [0, 0.05) is 37.0 Å². The van der Waals surface area contributed by atoms with Crippen molar-refractivity contribution in [1.82, 2.24) is 0 Å². The summed E-state index contributed by atoms with van der Waals surface area (Å²) in [7, 11) is 0. The average Bonchev–Trinajstić information content (AvgIpc) is 2.80. The molecule has 0 bridgehead atoms. The van der Waals surface area contributed by atoms with Crippen LogP contribution in [0.3, 0.4) is 0 Å². The van der Waals surface area contributed by atoms with Gasteiger partial charge in [0.25, 0.3) is 0 Å². The molecule has 1 aromatic heterocycles. The molecule has 0 aliphatic rings. The molecule has 1 heterocycles. The third kappa shape index (κ3) is 6.20. The van der Waals surface area contributed by atoms with Gasteiger partial charge in [-0.1, -0.05) is 25.2 Å². The standard InChI is InChI=1S/C25H29NO4.C3H4/c1-5-9-17(7-3)16-29-19-10-11-20-22(15-19)30-23-14-18(26(8-4)12-6-2)13-21(27)24(23)25(20)28;1-3-2/h5,7,9-11,13-15,27H,6,8,12,16H2,1-4H3;1H,2H3/b9-5-,17-7+;. The van der Waals surface area contributed by atoms with Gasteiger partial charge >= 0.3 is 0 Å². The molecule has 3 aromatic rings. The van der Waals surface area contributed by atoms with E-state index in [4.69, 9.17) is 9.15 Å². The van der Waals surface area contributed by atoms with Crippen molar-refractivity contribution < 1.29 is 14.3 Å². The highest BCUT2D eigenvalue weighted by Gasteiger charge is 2.15. The van der Waals surface area contributed by atoms with Crippen molar-refractivity contribution in [3.05, 3.63) is 64.4 Å². The van der Waals surface area contributed by atoms with Crippen molar-refractivity contribution in [3.63, 3.8) is 0 Å². The number of ether oxygens (including phenoxy) is 1. The summed E-state index contributed by atoms with van der Waals surface area (Å²) in [5, 5.41) is 11.2. The van der Waals surface area contributed by atoms with Crippen molar-refractivity contribution in [2.45, 2.75) is 41.0 Å². The van der Waals surface area contributed by atoms with E-state index in [2.05, 4.69) is 31.1 Å². The molecule has 0 aliphatic heterocycles. The van der Waals surface area contributed by atoms with Crippen molar-refractivity contribution >= 4 is 27.6 Å². The molecule has 2 aromatic carbocycles. The first kappa shape index (κ1) is 25.6. The highest BCUT2D eigenvalue weighted by atomic mass is 16.5. The first-order valence-electron chi connectivity index (χ1n) is 11.2. The van der Waals surface area contributed by atoms with Crippen molar-refractivity contribution in [2.24, 2.45) is 0 Å². The molecular formula is C28H33NO4. The number of hydrogen-bond acceptors (Lipinski definition) is 5. The SMILES string of the molecule is C#CC.C/C=C\C(=C/C)COc1ccc2c(=O)c3c(O)cc(N(CC)CCC)cc3oc2c1. The molecule has 0 saturated heterocycles. The third-order valence-corrected chi connectivity index (χ3v) is 5.11. The number of hydrogen-bond donors (Lipinski definition) is 1. The Kier molecular flexibility index (Phi) is 9.62. The van der Waals surface area contributed by atoms with Gasteiger partial charge in [0.15, 0.2) is 0 Å². The molecule has 0 atom stereocenters. The Morgan fingerprint density at radius 2 is 1.94 bits per heavy atom. The van der Waals surface area contributed by atoms with Crippen LogP contribution in [0.25, 0.3) is 21.9 Å². The van der Waals surface area contributed by atoms with E-state index in [9.17, 15) is 9.90 Å². The number of fused-ring (bicyclic) bond motifs is 2. The second-order valence-electron chi connectivity index (χ2n) is 7.45. The minimum absolute atomic E-state index is 0.0582. The Labute approximate surface area is 196 Å². The lowest BCUT2D eigenvalue weighted by Crippen LogP contribution is -2.23. The lowest BCUT2D eigenvalue weighted by molar-refractivity contribution is 0.355. The van der Waals surface area contributed by atoms with Crippen LogP contribution in [0.2, 0.25) is 0 Å². The lowest BCUT2D eigenvalue weighted by Gasteiger charge is -2.22. The quantitative estimate of drug-likeness (QED) is 0.245. The molecule has 0 unspecified atom stereocenters. The van der Waals surface area contributed by atoms with Crippen molar-refractivity contribution in [3.8, 4) is 23.8 Å². The molecule has 0 radical (unpaired) electrons. The molecule has 0 amide bonds. The van der Waals surface area contributed by atoms with Crippen LogP contribution in [0, 0.1) is 12.3 Å². The van der Waals surface area contributed by atoms with E-state index in [1.165, 1.54) is 0 Å². The van der Waals surface area contributed by atoms with Crippen LogP contribution in [-0.2, 0) is 0 Å². The molecule has 33 heavy (non-hydrogen) atoms. The fraction of sp³-hybridized carbons (Fsp3) is 0.321. The normalized spacial score (nSPS) is 11.3. The molecule has 0 fully saturated rings. The summed E-state index contributed by atoms with van der Waals surface area (Å²) in [5.41, 5.74) is 2.46. The third-order valence-electron chi connectivity index (χ3n) is 5.11. The molecular weight excluding hydrogens is 414 g/mol. The summed E-state index contributed by atoms with van der Waals surface area (Å²) in [6.45, 7) is 11.8. The van der Waals surface area contributed by atoms with Crippen LogP contribution in [0.5, 0.6) is 11.5 Å². The largest absolute Gasteiger partial charge is 0.507 e. The summed E-state index contributed by atoms with van der Waals surface area (Å²) in [5.74, 6) is 2.81. The lowest BCUT2D eigenvalue weighted by atomic mass is 10.1. The number of phenolic OH excluding ortho intramolecular Hbond substituents is 1. The number of terminal acetylenes is 1. The monoisotopic (exact) mass is 447 g/mol. The summed E-state index contributed by atoms with van der Waals surface area (Å²) in [6, 6.07) is 8.63. The molecule has 0 aliphatic carbocycles. The van der Waals surface area contributed by atoms with E-state index >= 15 is 0 Å². The highest BCUT2D eigenvalue weighted by Crippen LogP contribution is 2.32. The predicted octanol–water partition coefficient (Wildman–Crippen LogP) is 6.43. The van der Waals surface area contributed by atoms with E-state index in [0.29, 0.717) is 28.9 Å². The zero-order valence-corrected chi connectivity index (χ0v) is 20.1. The Bertz CT molecular complexity index is 1240. The molecule has 0 spiro atoms. The molecule has 5 nitrogen and oxygen atoms in total. The van der Waals surface area contributed by atoms with E-state index < -0.39 is 0 Å².